The third kappa shape index (κ3) is 3.82. The molecule has 0 aliphatic heterocycles. The number of aryl methyl sites for hydroxylation is 3. The van der Waals surface area contributed by atoms with Crippen LogP contribution in [-0.2, 0) is 0 Å². The van der Waals surface area contributed by atoms with E-state index in [0.29, 0.717) is 10.7 Å². The molecule has 0 radical (unpaired) electrons. The number of hydrogen-bond acceptors (Lipinski definition) is 4. The minimum atomic E-state index is -0.123. The molecule has 21 heavy (non-hydrogen) atoms. The molecule has 5 heteroatoms. The summed E-state index contributed by atoms with van der Waals surface area (Å²) in [5, 5.41) is 6.84. The summed E-state index contributed by atoms with van der Waals surface area (Å²) in [6, 6.07) is 5.81. The van der Waals surface area contributed by atoms with Gasteiger partial charge in [-0.3, -0.25) is 10.1 Å². The molecule has 0 saturated carbocycles. The number of benzene rings is 1. The van der Waals surface area contributed by atoms with Crippen LogP contribution in [0.4, 0.5) is 10.8 Å². The second kappa shape index (κ2) is 6.72. The number of carbonyl (C=O) groups excluding carboxylic acids is 1. The summed E-state index contributed by atoms with van der Waals surface area (Å²) in [4.78, 5) is 17.9. The summed E-state index contributed by atoms with van der Waals surface area (Å²) >= 11 is 1.50. The molecule has 1 heterocycles. The quantitative estimate of drug-likeness (QED) is 0.872. The summed E-state index contributed by atoms with van der Waals surface area (Å²) < 4.78 is 0. The Kier molecular flexibility index (Phi) is 4.96. The van der Waals surface area contributed by atoms with Crippen LogP contribution in [0.2, 0.25) is 0 Å². The molecule has 0 saturated heterocycles. The predicted octanol–water partition coefficient (Wildman–Crippen LogP) is 4.14. The van der Waals surface area contributed by atoms with Crippen LogP contribution in [-0.4, -0.2) is 17.4 Å². The molecule has 0 fully saturated rings. The lowest BCUT2D eigenvalue weighted by molar-refractivity contribution is 0.102. The van der Waals surface area contributed by atoms with E-state index in [0.717, 1.165) is 34.8 Å². The standard InChI is InChI=1S/C16H21N3OS/c1-5-8-17-14-9-10(2)6-7-13(14)15(20)19-16-18-11(3)12(4)21-16/h6-7,9,17H,5,8H2,1-4H3,(H,18,19,20). The second-order valence-corrected chi connectivity index (χ2v) is 6.29. The molecular weight excluding hydrogens is 282 g/mol. The van der Waals surface area contributed by atoms with Gasteiger partial charge in [0.25, 0.3) is 5.91 Å². The Bertz CT molecular complexity index is 629. The third-order valence-electron chi connectivity index (χ3n) is 3.23. The van der Waals surface area contributed by atoms with E-state index in [1.54, 1.807) is 0 Å². The van der Waals surface area contributed by atoms with Gasteiger partial charge >= 0.3 is 0 Å². The van der Waals surface area contributed by atoms with Gasteiger partial charge in [-0.2, -0.15) is 0 Å². The number of rotatable bonds is 5. The average Bonchev–Trinajstić information content (AvgIpc) is 2.74. The van der Waals surface area contributed by atoms with E-state index in [4.69, 9.17) is 0 Å². The molecule has 1 aromatic heterocycles. The summed E-state index contributed by atoms with van der Waals surface area (Å²) in [6.45, 7) is 8.92. The predicted molar refractivity (Wildman–Crippen MR) is 89.5 cm³/mol. The van der Waals surface area contributed by atoms with E-state index in [2.05, 4.69) is 22.5 Å². The third-order valence-corrected chi connectivity index (χ3v) is 4.22. The van der Waals surface area contributed by atoms with Gasteiger partial charge in [-0.25, -0.2) is 4.98 Å². The highest BCUT2D eigenvalue weighted by Crippen LogP contribution is 2.24. The van der Waals surface area contributed by atoms with Crippen molar-refractivity contribution in [3.8, 4) is 0 Å². The Labute approximate surface area is 129 Å². The van der Waals surface area contributed by atoms with Crippen LogP contribution in [0.3, 0.4) is 0 Å². The molecule has 112 valence electrons. The van der Waals surface area contributed by atoms with Crippen LogP contribution in [0.15, 0.2) is 18.2 Å². The number of anilines is 2. The Hall–Kier alpha value is -1.88. The number of amides is 1. The highest BCUT2D eigenvalue weighted by molar-refractivity contribution is 7.15. The first-order chi connectivity index (χ1) is 10.0. The number of nitrogens with zero attached hydrogens (tertiary/aromatic N) is 1. The molecule has 0 unspecified atom stereocenters. The molecule has 4 nitrogen and oxygen atoms in total. The van der Waals surface area contributed by atoms with Crippen molar-refractivity contribution in [3.05, 3.63) is 39.9 Å². The fourth-order valence-electron chi connectivity index (χ4n) is 1.95. The zero-order valence-corrected chi connectivity index (χ0v) is 13.7. The lowest BCUT2D eigenvalue weighted by Crippen LogP contribution is -2.15. The van der Waals surface area contributed by atoms with Crippen LogP contribution in [0.25, 0.3) is 0 Å². The van der Waals surface area contributed by atoms with Gasteiger partial charge in [0.15, 0.2) is 5.13 Å². The van der Waals surface area contributed by atoms with Gasteiger partial charge in [0.2, 0.25) is 0 Å². The molecule has 2 N–H and O–H groups in total. The number of hydrogen-bond donors (Lipinski definition) is 2. The molecule has 0 bridgehead atoms. The largest absolute Gasteiger partial charge is 0.384 e. The van der Waals surface area contributed by atoms with Crippen molar-refractivity contribution in [2.45, 2.75) is 34.1 Å². The molecule has 0 aliphatic carbocycles. The van der Waals surface area contributed by atoms with E-state index >= 15 is 0 Å². The first-order valence-corrected chi connectivity index (χ1v) is 7.92. The first kappa shape index (κ1) is 15.5. The molecular formula is C16H21N3OS. The van der Waals surface area contributed by atoms with Gasteiger partial charge in [0.05, 0.1) is 11.3 Å². The van der Waals surface area contributed by atoms with E-state index in [-0.39, 0.29) is 5.91 Å². The van der Waals surface area contributed by atoms with Crippen molar-refractivity contribution in [1.82, 2.24) is 4.98 Å². The minimum absolute atomic E-state index is 0.123. The molecule has 1 amide bonds. The molecule has 0 aliphatic rings. The van der Waals surface area contributed by atoms with Gasteiger partial charge < -0.3 is 5.32 Å². The topological polar surface area (TPSA) is 54.0 Å². The summed E-state index contributed by atoms with van der Waals surface area (Å²) in [5.41, 5.74) is 3.62. The number of carbonyl (C=O) groups is 1. The monoisotopic (exact) mass is 303 g/mol. The zero-order valence-electron chi connectivity index (χ0n) is 12.9. The van der Waals surface area contributed by atoms with Gasteiger partial charge in [-0.1, -0.05) is 13.0 Å². The molecule has 0 atom stereocenters. The van der Waals surface area contributed by atoms with E-state index < -0.39 is 0 Å². The first-order valence-electron chi connectivity index (χ1n) is 7.11. The SMILES string of the molecule is CCCNc1cc(C)ccc1C(=O)Nc1nc(C)c(C)s1. The maximum atomic E-state index is 12.4. The fraction of sp³-hybridized carbons (Fsp3) is 0.375. The summed E-state index contributed by atoms with van der Waals surface area (Å²) in [5.74, 6) is -0.123. The van der Waals surface area contributed by atoms with Crippen molar-refractivity contribution in [2.75, 3.05) is 17.2 Å². The number of aromatic nitrogens is 1. The van der Waals surface area contributed by atoms with E-state index in [9.17, 15) is 4.79 Å². The average molecular weight is 303 g/mol. The van der Waals surface area contributed by atoms with Crippen LogP contribution in [0.5, 0.6) is 0 Å². The van der Waals surface area contributed by atoms with Crippen LogP contribution in [0.1, 0.15) is 39.8 Å². The van der Waals surface area contributed by atoms with Gasteiger partial charge in [0, 0.05) is 17.1 Å². The normalized spacial score (nSPS) is 10.5. The van der Waals surface area contributed by atoms with Crippen molar-refractivity contribution < 1.29 is 4.79 Å². The maximum Gasteiger partial charge on any atom is 0.259 e. The van der Waals surface area contributed by atoms with Crippen LogP contribution in [0, 0.1) is 20.8 Å². The number of thiazole rings is 1. The molecule has 1 aromatic carbocycles. The Morgan fingerprint density at radius 3 is 2.67 bits per heavy atom. The van der Waals surface area contributed by atoms with Gasteiger partial charge in [-0.15, -0.1) is 11.3 Å². The number of nitrogens with one attached hydrogen (secondary N) is 2. The highest BCUT2D eigenvalue weighted by Gasteiger charge is 2.14. The van der Waals surface area contributed by atoms with Crippen LogP contribution >= 0.6 is 11.3 Å². The lowest BCUT2D eigenvalue weighted by atomic mass is 10.1. The molecule has 0 spiro atoms. The van der Waals surface area contributed by atoms with Crippen molar-refractivity contribution in [2.24, 2.45) is 0 Å². The minimum Gasteiger partial charge on any atom is -0.384 e. The Balaban J connectivity index is 2.21. The fourth-order valence-corrected chi connectivity index (χ4v) is 2.76. The van der Waals surface area contributed by atoms with Crippen LogP contribution < -0.4 is 10.6 Å². The highest BCUT2D eigenvalue weighted by atomic mass is 32.1. The Morgan fingerprint density at radius 1 is 1.29 bits per heavy atom. The van der Waals surface area contributed by atoms with Crippen molar-refractivity contribution >= 4 is 28.1 Å². The Morgan fingerprint density at radius 2 is 2.05 bits per heavy atom. The van der Waals surface area contributed by atoms with Crippen molar-refractivity contribution in [3.63, 3.8) is 0 Å². The second-order valence-electron chi connectivity index (χ2n) is 5.09. The van der Waals surface area contributed by atoms with Gasteiger partial charge in [0.1, 0.15) is 0 Å². The van der Waals surface area contributed by atoms with E-state index in [1.807, 2.05) is 39.0 Å². The lowest BCUT2D eigenvalue weighted by Gasteiger charge is -2.11. The zero-order chi connectivity index (χ0) is 15.4. The van der Waals surface area contributed by atoms with E-state index in [1.165, 1.54) is 11.3 Å². The maximum absolute atomic E-state index is 12.4. The molecule has 2 aromatic rings. The summed E-state index contributed by atoms with van der Waals surface area (Å²) in [6.07, 6.45) is 1.01. The molecule has 2 rings (SSSR count). The smallest absolute Gasteiger partial charge is 0.259 e. The summed E-state index contributed by atoms with van der Waals surface area (Å²) in [7, 11) is 0. The van der Waals surface area contributed by atoms with Crippen molar-refractivity contribution in [1.29, 1.82) is 0 Å². The van der Waals surface area contributed by atoms with Gasteiger partial charge in [-0.05, 0) is 44.9 Å².